The molecule has 0 aliphatic carbocycles. The fourth-order valence-electron chi connectivity index (χ4n) is 3.17. The van der Waals surface area contributed by atoms with Gasteiger partial charge in [-0.05, 0) is 32.4 Å². The largest absolute Gasteiger partial charge is 0.480 e. The molecule has 1 N–H and O–H groups in total. The van der Waals surface area contributed by atoms with Crippen LogP contribution in [0.4, 0.5) is 5.69 Å². The standard InChI is InChI=1S/C16H23N3O4.ClH/c1-12(13-4-3-5-15(10-13)19(22)23)18-8-6-14(7-9-18)17(2)11-16(20)21;/h3-5,10,12,14H,6-9,11H2,1-2H3,(H,20,21);1H. The van der Waals surface area contributed by atoms with Crippen molar-refractivity contribution in [3.05, 3.63) is 39.9 Å². The summed E-state index contributed by atoms with van der Waals surface area (Å²) in [5.41, 5.74) is 1.06. The van der Waals surface area contributed by atoms with E-state index in [9.17, 15) is 14.9 Å². The summed E-state index contributed by atoms with van der Waals surface area (Å²) in [6.07, 6.45) is 1.81. The molecule has 1 aromatic carbocycles. The van der Waals surface area contributed by atoms with Crippen molar-refractivity contribution in [1.82, 2.24) is 9.80 Å². The second-order valence-corrected chi connectivity index (χ2v) is 6.10. The van der Waals surface area contributed by atoms with E-state index in [0.717, 1.165) is 31.5 Å². The van der Waals surface area contributed by atoms with Gasteiger partial charge < -0.3 is 5.11 Å². The second kappa shape index (κ2) is 8.96. The Balaban J connectivity index is 0.00000288. The van der Waals surface area contributed by atoms with E-state index < -0.39 is 5.97 Å². The van der Waals surface area contributed by atoms with E-state index in [1.165, 1.54) is 6.07 Å². The highest BCUT2D eigenvalue weighted by atomic mass is 35.5. The fourth-order valence-corrected chi connectivity index (χ4v) is 3.17. The molecule has 8 heteroatoms. The third kappa shape index (κ3) is 5.15. The zero-order valence-electron chi connectivity index (χ0n) is 13.9. The molecule has 0 spiro atoms. The van der Waals surface area contributed by atoms with Gasteiger partial charge in [-0.1, -0.05) is 12.1 Å². The third-order valence-corrected chi connectivity index (χ3v) is 4.62. The van der Waals surface area contributed by atoms with E-state index in [1.54, 1.807) is 12.1 Å². The van der Waals surface area contributed by atoms with Crippen LogP contribution in [0.15, 0.2) is 24.3 Å². The SMILES string of the molecule is CC(c1cccc([N+](=O)[O-])c1)N1CCC(N(C)CC(=O)O)CC1.Cl. The Hall–Kier alpha value is -1.70. The van der Waals surface area contributed by atoms with Crippen molar-refractivity contribution in [3.63, 3.8) is 0 Å². The molecule has 1 heterocycles. The number of likely N-dealkylation sites (tertiary alicyclic amines) is 1. The molecule has 1 aliphatic rings. The predicted molar refractivity (Wildman–Crippen MR) is 93.6 cm³/mol. The summed E-state index contributed by atoms with van der Waals surface area (Å²) in [4.78, 5) is 25.5. The highest BCUT2D eigenvalue weighted by molar-refractivity contribution is 5.85. The Morgan fingerprint density at radius 3 is 2.62 bits per heavy atom. The summed E-state index contributed by atoms with van der Waals surface area (Å²) >= 11 is 0. The van der Waals surface area contributed by atoms with E-state index in [1.807, 2.05) is 18.0 Å². The molecule has 1 atom stereocenters. The second-order valence-electron chi connectivity index (χ2n) is 6.10. The van der Waals surface area contributed by atoms with Crippen molar-refractivity contribution >= 4 is 24.1 Å². The number of nitro groups is 1. The minimum absolute atomic E-state index is 0. The lowest BCUT2D eigenvalue weighted by atomic mass is 9.99. The molecule has 0 aromatic heterocycles. The smallest absolute Gasteiger partial charge is 0.317 e. The molecule has 24 heavy (non-hydrogen) atoms. The highest BCUT2D eigenvalue weighted by Crippen LogP contribution is 2.27. The minimum atomic E-state index is -0.806. The average molecular weight is 358 g/mol. The van der Waals surface area contributed by atoms with Crippen LogP contribution in [0.2, 0.25) is 0 Å². The predicted octanol–water partition coefficient (Wildman–Crippen LogP) is 2.56. The number of carbonyl (C=O) groups is 1. The van der Waals surface area contributed by atoms with Crippen LogP contribution in [0.5, 0.6) is 0 Å². The maximum absolute atomic E-state index is 10.9. The van der Waals surface area contributed by atoms with Gasteiger partial charge in [-0.15, -0.1) is 12.4 Å². The van der Waals surface area contributed by atoms with Gasteiger partial charge in [0, 0.05) is 37.3 Å². The molecule has 0 bridgehead atoms. The van der Waals surface area contributed by atoms with Crippen LogP contribution in [0.25, 0.3) is 0 Å². The number of hydrogen-bond donors (Lipinski definition) is 1. The topological polar surface area (TPSA) is 86.9 Å². The van der Waals surface area contributed by atoms with Crippen molar-refractivity contribution in [2.75, 3.05) is 26.7 Å². The first-order chi connectivity index (χ1) is 10.9. The maximum atomic E-state index is 10.9. The molecule has 134 valence electrons. The van der Waals surface area contributed by atoms with Crippen molar-refractivity contribution < 1.29 is 14.8 Å². The Bertz CT molecular complexity index is 576. The van der Waals surface area contributed by atoms with Crippen LogP contribution in [0, 0.1) is 10.1 Å². The van der Waals surface area contributed by atoms with Gasteiger partial charge in [-0.2, -0.15) is 0 Å². The average Bonchev–Trinajstić information content (AvgIpc) is 2.53. The molecular weight excluding hydrogens is 334 g/mol. The number of aliphatic carboxylic acids is 1. The van der Waals surface area contributed by atoms with Gasteiger partial charge >= 0.3 is 5.97 Å². The maximum Gasteiger partial charge on any atom is 0.317 e. The van der Waals surface area contributed by atoms with Crippen LogP contribution in [0.3, 0.4) is 0 Å². The Labute approximate surface area is 147 Å². The number of nitro benzene ring substituents is 1. The van der Waals surface area contributed by atoms with Gasteiger partial charge in [-0.3, -0.25) is 24.7 Å². The van der Waals surface area contributed by atoms with E-state index in [0.29, 0.717) is 0 Å². The number of likely N-dealkylation sites (N-methyl/N-ethyl adjacent to an activating group) is 1. The summed E-state index contributed by atoms with van der Waals surface area (Å²) in [6, 6.07) is 7.16. The van der Waals surface area contributed by atoms with Crippen molar-refractivity contribution in [2.24, 2.45) is 0 Å². The number of benzene rings is 1. The molecule has 1 aromatic rings. The number of hydrogen-bond acceptors (Lipinski definition) is 5. The van der Waals surface area contributed by atoms with Crippen molar-refractivity contribution in [1.29, 1.82) is 0 Å². The number of carboxylic acid groups (broad SMARTS) is 1. The zero-order valence-corrected chi connectivity index (χ0v) is 14.7. The lowest BCUT2D eigenvalue weighted by Crippen LogP contribution is -2.45. The molecule has 1 unspecified atom stereocenters. The monoisotopic (exact) mass is 357 g/mol. The summed E-state index contributed by atoms with van der Waals surface area (Å²) in [5.74, 6) is -0.806. The van der Waals surface area contributed by atoms with Gasteiger partial charge in [0.1, 0.15) is 0 Å². The van der Waals surface area contributed by atoms with Crippen LogP contribution in [0.1, 0.15) is 31.4 Å². The normalized spacial score (nSPS) is 17.3. The molecule has 0 saturated carbocycles. The van der Waals surface area contributed by atoms with Crippen LogP contribution >= 0.6 is 12.4 Å². The van der Waals surface area contributed by atoms with Gasteiger partial charge in [0.2, 0.25) is 0 Å². The molecule has 0 amide bonds. The number of piperidine rings is 1. The first kappa shape index (κ1) is 20.3. The van der Waals surface area contributed by atoms with Gasteiger partial charge in [0.15, 0.2) is 0 Å². The number of non-ortho nitro benzene ring substituents is 1. The van der Waals surface area contributed by atoms with Gasteiger partial charge in [-0.25, -0.2) is 0 Å². The Morgan fingerprint density at radius 1 is 1.46 bits per heavy atom. The minimum Gasteiger partial charge on any atom is -0.480 e. The number of rotatable bonds is 6. The summed E-state index contributed by atoms with van der Waals surface area (Å²) in [6.45, 7) is 3.84. The lowest BCUT2D eigenvalue weighted by molar-refractivity contribution is -0.385. The summed E-state index contributed by atoms with van der Waals surface area (Å²) in [5, 5.41) is 19.8. The van der Waals surface area contributed by atoms with Crippen molar-refractivity contribution in [2.45, 2.75) is 31.8 Å². The third-order valence-electron chi connectivity index (χ3n) is 4.62. The fraction of sp³-hybridized carbons (Fsp3) is 0.562. The first-order valence-electron chi connectivity index (χ1n) is 7.79. The van der Waals surface area contributed by atoms with Gasteiger partial charge in [0.05, 0.1) is 11.5 Å². The van der Waals surface area contributed by atoms with Crippen LogP contribution in [-0.2, 0) is 4.79 Å². The van der Waals surface area contributed by atoms with E-state index >= 15 is 0 Å². The Kier molecular flexibility index (Phi) is 7.59. The summed E-state index contributed by atoms with van der Waals surface area (Å²) < 4.78 is 0. The van der Waals surface area contributed by atoms with E-state index in [4.69, 9.17) is 5.11 Å². The highest BCUT2D eigenvalue weighted by Gasteiger charge is 2.27. The Morgan fingerprint density at radius 2 is 2.08 bits per heavy atom. The first-order valence-corrected chi connectivity index (χ1v) is 7.79. The number of halogens is 1. The van der Waals surface area contributed by atoms with Crippen LogP contribution < -0.4 is 0 Å². The van der Waals surface area contributed by atoms with E-state index in [-0.39, 0.29) is 41.6 Å². The molecule has 1 fully saturated rings. The zero-order chi connectivity index (χ0) is 17.0. The lowest BCUT2D eigenvalue weighted by Gasteiger charge is -2.39. The van der Waals surface area contributed by atoms with Crippen molar-refractivity contribution in [3.8, 4) is 0 Å². The summed E-state index contributed by atoms with van der Waals surface area (Å²) in [7, 11) is 1.85. The molecule has 1 aliphatic heterocycles. The quantitative estimate of drug-likeness (QED) is 0.622. The molecule has 2 rings (SSSR count). The van der Waals surface area contributed by atoms with Gasteiger partial charge in [0.25, 0.3) is 5.69 Å². The number of carboxylic acids is 1. The van der Waals surface area contributed by atoms with E-state index in [2.05, 4.69) is 11.8 Å². The van der Waals surface area contributed by atoms with Crippen LogP contribution in [-0.4, -0.2) is 58.5 Å². The number of nitrogens with zero attached hydrogens (tertiary/aromatic N) is 3. The molecule has 7 nitrogen and oxygen atoms in total. The molecular formula is C16H24ClN3O4. The molecule has 1 saturated heterocycles. The molecule has 0 radical (unpaired) electrons.